The Kier molecular flexibility index (Phi) is 7.09. The van der Waals surface area contributed by atoms with E-state index in [4.69, 9.17) is 15.5 Å². The molecule has 0 spiro atoms. The van der Waals surface area contributed by atoms with E-state index in [2.05, 4.69) is 43.4 Å². The first-order valence-corrected chi connectivity index (χ1v) is 14.8. The largest absolute Gasteiger partial charge is 0.497 e. The molecule has 2 fully saturated rings. The van der Waals surface area contributed by atoms with Crippen LogP contribution in [0.1, 0.15) is 39.9 Å². The first-order valence-electron chi connectivity index (χ1n) is 14.8. The number of carbonyl (C=O) groups excluding carboxylic acids is 1. The zero-order valence-electron chi connectivity index (χ0n) is 23.9. The van der Waals surface area contributed by atoms with Gasteiger partial charge in [-0.2, -0.15) is 0 Å². The molecule has 1 aliphatic carbocycles. The van der Waals surface area contributed by atoms with Crippen molar-refractivity contribution in [2.45, 2.75) is 38.1 Å². The van der Waals surface area contributed by atoms with Crippen LogP contribution in [0.15, 0.2) is 54.9 Å². The minimum absolute atomic E-state index is 0.123. The van der Waals surface area contributed by atoms with Gasteiger partial charge in [-0.15, -0.1) is 5.10 Å². The van der Waals surface area contributed by atoms with E-state index < -0.39 is 0 Å². The monoisotopic (exact) mass is 564 g/mol. The molecule has 10 nitrogen and oxygen atoms in total. The summed E-state index contributed by atoms with van der Waals surface area (Å²) in [7, 11) is 1.67. The summed E-state index contributed by atoms with van der Waals surface area (Å²) >= 11 is 0. The van der Waals surface area contributed by atoms with Crippen LogP contribution in [0.4, 0.5) is 11.5 Å². The number of piperazine rings is 1. The number of methoxy groups -OCH3 is 1. The number of benzene rings is 2. The lowest BCUT2D eigenvalue weighted by Gasteiger charge is -2.37. The molecule has 10 heteroatoms. The zero-order chi connectivity index (χ0) is 28.6. The standard InChI is InChI=1S/C32H36N8O2/c1-42-26-10-11-27-22(17-26)6-7-23-18-34-32(36-29(23)27)40-20-28(30(33)37-40)31(41)35-24-8-4-21(5-9-24)12-14-38-15-16-39-13-2-3-25(39)19-38/h4-5,8-11,17-18,20,25H,2-3,6-7,12-16,19H2,1H3,(H2,33,37)(H,35,41)/t25-/m0/s1. The average Bonchev–Trinajstić information content (AvgIpc) is 3.66. The normalized spacial score (nSPS) is 18.3. The minimum Gasteiger partial charge on any atom is -0.497 e. The maximum atomic E-state index is 13.1. The van der Waals surface area contributed by atoms with E-state index in [1.54, 1.807) is 13.3 Å². The summed E-state index contributed by atoms with van der Waals surface area (Å²) in [5.41, 5.74) is 12.6. The van der Waals surface area contributed by atoms with Crippen molar-refractivity contribution >= 4 is 17.4 Å². The number of hydrogen-bond donors (Lipinski definition) is 2. The number of fused-ring (bicyclic) bond motifs is 4. The Balaban J connectivity index is 1.01. The van der Waals surface area contributed by atoms with Gasteiger partial charge in [-0.1, -0.05) is 12.1 Å². The van der Waals surface area contributed by atoms with Gasteiger partial charge in [0.15, 0.2) is 5.82 Å². The van der Waals surface area contributed by atoms with Crippen LogP contribution in [0, 0.1) is 0 Å². The van der Waals surface area contributed by atoms with Crippen molar-refractivity contribution in [2.75, 3.05) is 50.9 Å². The molecule has 1 atom stereocenters. The number of carbonyl (C=O) groups is 1. The maximum Gasteiger partial charge on any atom is 0.261 e. The molecule has 1 amide bonds. The summed E-state index contributed by atoms with van der Waals surface area (Å²) in [5.74, 6) is 0.991. The van der Waals surface area contributed by atoms with E-state index in [1.165, 1.54) is 48.3 Å². The lowest BCUT2D eigenvalue weighted by molar-refractivity contribution is 0.102. The Morgan fingerprint density at radius 1 is 1.10 bits per heavy atom. The maximum absolute atomic E-state index is 13.1. The predicted molar refractivity (Wildman–Crippen MR) is 162 cm³/mol. The molecule has 0 saturated carbocycles. The first-order chi connectivity index (χ1) is 20.5. The van der Waals surface area contributed by atoms with E-state index >= 15 is 0 Å². The number of hydrogen-bond acceptors (Lipinski definition) is 8. The highest BCUT2D eigenvalue weighted by atomic mass is 16.5. The van der Waals surface area contributed by atoms with Crippen molar-refractivity contribution in [3.05, 3.63) is 77.1 Å². The number of nitrogens with two attached hydrogens (primary N) is 1. The summed E-state index contributed by atoms with van der Waals surface area (Å²) < 4.78 is 6.86. The average molecular weight is 565 g/mol. The van der Waals surface area contributed by atoms with Gasteiger partial charge < -0.3 is 20.7 Å². The Hall–Kier alpha value is -4.28. The number of amides is 1. The molecule has 0 radical (unpaired) electrons. The number of nitrogens with zero attached hydrogens (tertiary/aromatic N) is 6. The van der Waals surface area contributed by atoms with E-state index in [0.717, 1.165) is 61.0 Å². The van der Waals surface area contributed by atoms with Gasteiger partial charge in [0.1, 0.15) is 11.3 Å². The third-order valence-electron chi connectivity index (χ3n) is 8.88. The summed E-state index contributed by atoms with van der Waals surface area (Å²) in [6.45, 7) is 5.86. The van der Waals surface area contributed by atoms with Crippen LogP contribution >= 0.6 is 0 Å². The smallest absolute Gasteiger partial charge is 0.261 e. The van der Waals surface area contributed by atoms with Gasteiger partial charge in [-0.25, -0.2) is 14.6 Å². The van der Waals surface area contributed by atoms with Crippen LogP contribution in [-0.4, -0.2) is 81.3 Å². The molecule has 2 aromatic carbocycles. The number of anilines is 2. The molecular formula is C32H36N8O2. The third-order valence-corrected chi connectivity index (χ3v) is 8.88. The van der Waals surface area contributed by atoms with Crippen LogP contribution in [0.2, 0.25) is 0 Å². The summed E-state index contributed by atoms with van der Waals surface area (Å²) in [6, 6.07) is 14.8. The van der Waals surface area contributed by atoms with Crippen molar-refractivity contribution in [3.63, 3.8) is 0 Å². The van der Waals surface area contributed by atoms with Gasteiger partial charge in [0.05, 0.1) is 12.8 Å². The van der Waals surface area contributed by atoms with E-state index in [9.17, 15) is 4.79 Å². The van der Waals surface area contributed by atoms with E-state index in [-0.39, 0.29) is 17.3 Å². The minimum atomic E-state index is -0.323. The molecule has 3 N–H and O–H groups in total. The Bertz CT molecular complexity index is 1620. The summed E-state index contributed by atoms with van der Waals surface area (Å²) in [6.07, 6.45) is 8.84. The number of aromatic nitrogens is 4. The van der Waals surface area contributed by atoms with Crippen LogP contribution in [0.25, 0.3) is 17.2 Å². The highest BCUT2D eigenvalue weighted by Crippen LogP contribution is 2.34. The number of aryl methyl sites for hydroxylation is 2. The van der Waals surface area contributed by atoms with Crippen LogP contribution in [0.3, 0.4) is 0 Å². The fraction of sp³-hybridized carbons (Fsp3) is 0.375. The molecule has 216 valence electrons. The number of nitrogens with one attached hydrogen (secondary N) is 1. The molecular weight excluding hydrogens is 528 g/mol. The zero-order valence-corrected chi connectivity index (χ0v) is 23.9. The second-order valence-electron chi connectivity index (χ2n) is 11.5. The second kappa shape index (κ2) is 11.2. The summed E-state index contributed by atoms with van der Waals surface area (Å²) in [4.78, 5) is 27.7. The molecule has 4 heterocycles. The second-order valence-corrected chi connectivity index (χ2v) is 11.5. The highest BCUT2D eigenvalue weighted by Gasteiger charge is 2.30. The van der Waals surface area contributed by atoms with Gasteiger partial charge in [0.2, 0.25) is 0 Å². The lowest BCUT2D eigenvalue weighted by Crippen LogP contribution is -2.50. The molecule has 7 rings (SSSR count). The quantitative estimate of drug-likeness (QED) is 0.350. The van der Waals surface area contributed by atoms with Crippen molar-refractivity contribution < 1.29 is 9.53 Å². The van der Waals surface area contributed by atoms with Gasteiger partial charge >= 0.3 is 0 Å². The van der Waals surface area contributed by atoms with E-state index in [0.29, 0.717) is 11.6 Å². The summed E-state index contributed by atoms with van der Waals surface area (Å²) in [5, 5.41) is 7.31. The number of ether oxygens (including phenoxy) is 1. The fourth-order valence-corrected chi connectivity index (χ4v) is 6.49. The van der Waals surface area contributed by atoms with Gasteiger partial charge in [0, 0.05) is 55.9 Å². The molecule has 3 aliphatic rings. The van der Waals surface area contributed by atoms with Gasteiger partial charge in [-0.3, -0.25) is 9.69 Å². The molecule has 2 aliphatic heterocycles. The topological polar surface area (TPSA) is 114 Å². The Morgan fingerprint density at radius 2 is 1.95 bits per heavy atom. The first kappa shape index (κ1) is 26.6. The van der Waals surface area contributed by atoms with E-state index in [1.807, 2.05) is 30.5 Å². The third kappa shape index (κ3) is 5.23. The van der Waals surface area contributed by atoms with Gasteiger partial charge in [0.25, 0.3) is 11.9 Å². The molecule has 2 saturated heterocycles. The molecule has 2 aromatic heterocycles. The fourth-order valence-electron chi connectivity index (χ4n) is 6.49. The molecule has 42 heavy (non-hydrogen) atoms. The lowest BCUT2D eigenvalue weighted by atomic mass is 9.90. The highest BCUT2D eigenvalue weighted by molar-refractivity contribution is 6.07. The molecule has 0 bridgehead atoms. The molecule has 0 unspecified atom stereocenters. The Labute approximate surface area is 245 Å². The van der Waals surface area contributed by atoms with Crippen molar-refractivity contribution in [3.8, 4) is 23.0 Å². The van der Waals surface area contributed by atoms with Crippen molar-refractivity contribution in [1.29, 1.82) is 0 Å². The van der Waals surface area contributed by atoms with Gasteiger partial charge in [-0.05, 0) is 85.7 Å². The van der Waals surface area contributed by atoms with Crippen LogP contribution < -0.4 is 15.8 Å². The van der Waals surface area contributed by atoms with Crippen molar-refractivity contribution in [1.82, 2.24) is 29.5 Å². The predicted octanol–water partition coefficient (Wildman–Crippen LogP) is 3.59. The molecule has 4 aromatic rings. The van der Waals surface area contributed by atoms with Crippen LogP contribution in [-0.2, 0) is 19.3 Å². The number of nitrogen functional groups attached to an aromatic ring is 1. The number of rotatable bonds is 7. The Morgan fingerprint density at radius 3 is 2.81 bits per heavy atom. The SMILES string of the molecule is COc1ccc2c(c1)CCc1cnc(-n3cc(C(=O)Nc4ccc(CCN5CCN6CCC[C@H]6C5)cc4)c(N)n3)nc1-2. The van der Waals surface area contributed by atoms with Crippen LogP contribution in [0.5, 0.6) is 5.75 Å². The van der Waals surface area contributed by atoms with Crippen molar-refractivity contribution in [2.24, 2.45) is 0 Å².